The van der Waals surface area contributed by atoms with Gasteiger partial charge in [0.2, 0.25) is 10.0 Å². The third kappa shape index (κ3) is 4.25. The zero-order valence-electron chi connectivity index (χ0n) is 12.6. The fourth-order valence-corrected chi connectivity index (χ4v) is 4.14. The van der Waals surface area contributed by atoms with Crippen molar-refractivity contribution in [3.05, 3.63) is 82.1 Å². The first kappa shape index (κ1) is 16.8. The van der Waals surface area contributed by atoms with Gasteiger partial charge in [-0.1, -0.05) is 30.3 Å². The Hall–Kier alpha value is -2.09. The normalized spacial score (nSPS) is 11.5. The molecule has 0 radical (unpaired) electrons. The van der Waals surface area contributed by atoms with Crippen molar-refractivity contribution >= 4 is 21.4 Å². The predicted molar refractivity (Wildman–Crippen MR) is 91.8 cm³/mol. The monoisotopic (exact) mass is 362 g/mol. The number of hydrogen-bond acceptors (Lipinski definition) is 4. The highest BCUT2D eigenvalue weighted by Crippen LogP contribution is 2.18. The third-order valence-electron chi connectivity index (χ3n) is 3.36. The average molecular weight is 362 g/mol. The minimum atomic E-state index is -3.67. The Labute approximate surface area is 144 Å². The van der Waals surface area contributed by atoms with Gasteiger partial charge >= 0.3 is 0 Å². The van der Waals surface area contributed by atoms with Crippen LogP contribution in [0, 0.1) is 5.82 Å². The summed E-state index contributed by atoms with van der Waals surface area (Å²) in [6.07, 6.45) is 2.53. The Morgan fingerprint density at radius 1 is 1.04 bits per heavy atom. The first-order valence-electron chi connectivity index (χ1n) is 7.26. The molecule has 3 aromatic rings. The van der Waals surface area contributed by atoms with Crippen molar-refractivity contribution in [1.29, 1.82) is 0 Å². The number of nitrogens with one attached hydrogen (secondary N) is 1. The molecule has 0 aliphatic carbocycles. The van der Waals surface area contributed by atoms with Crippen molar-refractivity contribution in [3.63, 3.8) is 0 Å². The smallest absolute Gasteiger partial charge is 0.240 e. The molecule has 124 valence electrons. The molecule has 0 saturated heterocycles. The topological polar surface area (TPSA) is 59.1 Å². The summed E-state index contributed by atoms with van der Waals surface area (Å²) in [6, 6.07) is 14.7. The fourth-order valence-electron chi connectivity index (χ4n) is 2.16. The molecule has 0 aliphatic rings. The number of rotatable bonds is 6. The van der Waals surface area contributed by atoms with Crippen molar-refractivity contribution < 1.29 is 12.8 Å². The van der Waals surface area contributed by atoms with Gasteiger partial charge in [0.15, 0.2) is 0 Å². The molecule has 7 heteroatoms. The van der Waals surface area contributed by atoms with Crippen LogP contribution in [0.3, 0.4) is 0 Å². The van der Waals surface area contributed by atoms with Gasteiger partial charge < -0.3 is 0 Å². The van der Waals surface area contributed by atoms with Gasteiger partial charge in [-0.2, -0.15) is 0 Å². The highest BCUT2D eigenvalue weighted by atomic mass is 32.2. The lowest BCUT2D eigenvalue weighted by atomic mass is 10.1. The quantitative estimate of drug-likeness (QED) is 0.732. The molecule has 0 saturated carbocycles. The molecule has 0 aliphatic heterocycles. The minimum Gasteiger partial charge on any atom is -0.248 e. The number of thiazole rings is 1. The predicted octanol–water partition coefficient (Wildman–Crippen LogP) is 3.35. The Morgan fingerprint density at radius 3 is 2.46 bits per heavy atom. The average Bonchev–Trinajstić information content (AvgIpc) is 3.02. The van der Waals surface area contributed by atoms with E-state index in [0.717, 1.165) is 23.4 Å². The lowest BCUT2D eigenvalue weighted by molar-refractivity contribution is 0.580. The lowest BCUT2D eigenvalue weighted by Crippen LogP contribution is -2.23. The molecule has 1 heterocycles. The molecular weight excluding hydrogens is 347 g/mol. The molecule has 1 N–H and O–H groups in total. The van der Waals surface area contributed by atoms with E-state index in [1.807, 2.05) is 30.3 Å². The number of halogens is 1. The van der Waals surface area contributed by atoms with Crippen LogP contribution in [0.1, 0.15) is 15.4 Å². The van der Waals surface area contributed by atoms with Crippen molar-refractivity contribution in [1.82, 2.24) is 9.71 Å². The SMILES string of the molecule is O=S(=O)(NCc1ncc(Cc2ccccc2)s1)c1ccc(F)cc1. The van der Waals surface area contributed by atoms with Crippen molar-refractivity contribution in [2.24, 2.45) is 0 Å². The molecule has 0 unspecified atom stereocenters. The van der Waals surface area contributed by atoms with Gasteiger partial charge in [0, 0.05) is 17.5 Å². The molecule has 0 fully saturated rings. The van der Waals surface area contributed by atoms with E-state index in [0.29, 0.717) is 5.01 Å². The van der Waals surface area contributed by atoms with Crippen molar-refractivity contribution in [2.45, 2.75) is 17.9 Å². The van der Waals surface area contributed by atoms with E-state index in [4.69, 9.17) is 0 Å². The van der Waals surface area contributed by atoms with Crippen LogP contribution in [0.15, 0.2) is 65.7 Å². The van der Waals surface area contributed by atoms with Crippen LogP contribution in [0.4, 0.5) is 4.39 Å². The van der Waals surface area contributed by atoms with Crippen molar-refractivity contribution in [2.75, 3.05) is 0 Å². The molecule has 24 heavy (non-hydrogen) atoms. The molecule has 1 aromatic heterocycles. The van der Waals surface area contributed by atoms with Crippen molar-refractivity contribution in [3.8, 4) is 0 Å². The summed E-state index contributed by atoms with van der Waals surface area (Å²) in [5.41, 5.74) is 1.18. The maximum Gasteiger partial charge on any atom is 0.240 e. The van der Waals surface area contributed by atoms with Gasteiger partial charge in [0.1, 0.15) is 10.8 Å². The lowest BCUT2D eigenvalue weighted by Gasteiger charge is -2.04. The summed E-state index contributed by atoms with van der Waals surface area (Å²) in [4.78, 5) is 5.35. The number of sulfonamides is 1. The van der Waals surface area contributed by atoms with Gasteiger partial charge in [-0.3, -0.25) is 0 Å². The maximum atomic E-state index is 12.9. The van der Waals surface area contributed by atoms with E-state index >= 15 is 0 Å². The Bertz CT molecular complexity index is 907. The summed E-state index contributed by atoms with van der Waals surface area (Å²) in [5.74, 6) is -0.473. The summed E-state index contributed by atoms with van der Waals surface area (Å²) in [7, 11) is -3.67. The van der Waals surface area contributed by atoms with E-state index < -0.39 is 15.8 Å². The van der Waals surface area contributed by atoms with E-state index in [1.165, 1.54) is 29.0 Å². The Kier molecular flexibility index (Phi) is 5.03. The Morgan fingerprint density at radius 2 is 1.75 bits per heavy atom. The van der Waals surface area contributed by atoms with E-state index in [2.05, 4.69) is 9.71 Å². The first-order valence-corrected chi connectivity index (χ1v) is 9.56. The zero-order valence-corrected chi connectivity index (χ0v) is 14.3. The van der Waals surface area contributed by atoms with Crippen LogP contribution >= 0.6 is 11.3 Å². The summed E-state index contributed by atoms with van der Waals surface area (Å²) < 4.78 is 39.7. The van der Waals surface area contributed by atoms with Gasteiger partial charge in [0.25, 0.3) is 0 Å². The maximum absolute atomic E-state index is 12.9. The van der Waals surface area contributed by atoms with Crippen LogP contribution in [0.25, 0.3) is 0 Å². The number of nitrogens with zero attached hydrogens (tertiary/aromatic N) is 1. The van der Waals surface area contributed by atoms with Crippen LogP contribution in [-0.2, 0) is 23.0 Å². The number of aromatic nitrogens is 1. The van der Waals surface area contributed by atoms with Gasteiger partial charge in [-0.05, 0) is 29.8 Å². The van der Waals surface area contributed by atoms with Gasteiger partial charge in [-0.15, -0.1) is 11.3 Å². The third-order valence-corrected chi connectivity index (χ3v) is 5.77. The first-order chi connectivity index (χ1) is 11.5. The molecule has 0 amide bonds. The van der Waals surface area contributed by atoms with Gasteiger partial charge in [0.05, 0.1) is 11.4 Å². The zero-order chi connectivity index (χ0) is 17.0. The van der Waals surface area contributed by atoms with Crippen LogP contribution in [0.2, 0.25) is 0 Å². The van der Waals surface area contributed by atoms with Crippen LogP contribution < -0.4 is 4.72 Å². The molecule has 0 spiro atoms. The van der Waals surface area contributed by atoms with E-state index in [-0.39, 0.29) is 11.4 Å². The highest BCUT2D eigenvalue weighted by Gasteiger charge is 2.14. The van der Waals surface area contributed by atoms with Crippen LogP contribution in [-0.4, -0.2) is 13.4 Å². The second-order valence-electron chi connectivity index (χ2n) is 5.16. The molecule has 2 aromatic carbocycles. The van der Waals surface area contributed by atoms with E-state index in [9.17, 15) is 12.8 Å². The second-order valence-corrected chi connectivity index (χ2v) is 8.13. The molecular formula is C17H15FN2O2S2. The molecule has 3 rings (SSSR count). The largest absolute Gasteiger partial charge is 0.248 e. The molecule has 0 atom stereocenters. The number of hydrogen-bond donors (Lipinski definition) is 1. The summed E-state index contributed by atoms with van der Waals surface area (Å²) in [6.45, 7) is 0.110. The standard InChI is InChI=1S/C17H15FN2O2S2/c18-14-6-8-16(9-7-14)24(21,22)20-12-17-19-11-15(23-17)10-13-4-2-1-3-5-13/h1-9,11,20H,10,12H2. The van der Waals surface area contributed by atoms with E-state index in [1.54, 1.807) is 6.20 Å². The number of benzene rings is 2. The minimum absolute atomic E-state index is 0.0324. The highest BCUT2D eigenvalue weighted by molar-refractivity contribution is 7.89. The second kappa shape index (κ2) is 7.21. The summed E-state index contributed by atoms with van der Waals surface area (Å²) in [5, 5.41) is 0.687. The molecule has 4 nitrogen and oxygen atoms in total. The van der Waals surface area contributed by atoms with Crippen LogP contribution in [0.5, 0.6) is 0 Å². The molecule has 0 bridgehead atoms. The summed E-state index contributed by atoms with van der Waals surface area (Å²) >= 11 is 1.47. The van der Waals surface area contributed by atoms with Gasteiger partial charge in [-0.25, -0.2) is 22.5 Å². The Balaban J connectivity index is 1.64. The fraction of sp³-hybridized carbons (Fsp3) is 0.118.